The molecule has 2 atom stereocenters. The van der Waals surface area contributed by atoms with Gasteiger partial charge in [-0.25, -0.2) is 8.42 Å². The number of carbonyl (C=O) groups is 1. The summed E-state index contributed by atoms with van der Waals surface area (Å²) in [5, 5.41) is 5.76. The van der Waals surface area contributed by atoms with Crippen LogP contribution >= 0.6 is 34.8 Å². The van der Waals surface area contributed by atoms with Gasteiger partial charge in [-0.3, -0.25) is 4.79 Å². The van der Waals surface area contributed by atoms with Crippen LogP contribution in [0.15, 0.2) is 18.2 Å². The molecule has 5 nitrogen and oxygen atoms in total. The van der Waals surface area contributed by atoms with Crippen LogP contribution in [-0.2, 0) is 14.6 Å². The van der Waals surface area contributed by atoms with Crippen molar-refractivity contribution in [1.82, 2.24) is 5.32 Å². The average Bonchev–Trinajstić information content (AvgIpc) is 2.58. The number of carbonyl (C=O) groups excluding carboxylic acids is 1. The van der Waals surface area contributed by atoms with E-state index in [-0.39, 0.29) is 24.0 Å². The summed E-state index contributed by atoms with van der Waals surface area (Å²) in [5.74, 6) is -0.462. The van der Waals surface area contributed by atoms with Gasteiger partial charge in [0.2, 0.25) is 5.91 Å². The summed E-state index contributed by atoms with van der Waals surface area (Å²) in [4.78, 5) is 11.8. The molecule has 2 rings (SSSR count). The first kappa shape index (κ1) is 16.8. The summed E-state index contributed by atoms with van der Waals surface area (Å²) in [6.07, 6.45) is 0. The van der Waals surface area contributed by atoms with Crippen LogP contribution in [0.25, 0.3) is 0 Å². The minimum Gasteiger partial charge on any atom is -0.325 e. The van der Waals surface area contributed by atoms with E-state index in [1.54, 1.807) is 18.2 Å². The van der Waals surface area contributed by atoms with Gasteiger partial charge in [-0.05, 0) is 18.2 Å². The smallest absolute Gasteiger partial charge is 0.238 e. The van der Waals surface area contributed by atoms with Crippen molar-refractivity contribution in [3.05, 3.63) is 28.2 Å². The van der Waals surface area contributed by atoms with Gasteiger partial charge in [-0.2, -0.15) is 0 Å². The molecule has 0 aromatic heterocycles. The predicted octanol–water partition coefficient (Wildman–Crippen LogP) is 1.93. The highest BCUT2D eigenvalue weighted by molar-refractivity contribution is 7.91. The highest BCUT2D eigenvalue weighted by Crippen LogP contribution is 2.22. The summed E-state index contributed by atoms with van der Waals surface area (Å²) in [6, 6.07) is 4.26. The third kappa shape index (κ3) is 5.00. The third-order valence-electron chi connectivity index (χ3n) is 2.95. The molecule has 1 aromatic rings. The predicted molar refractivity (Wildman–Crippen MR) is 85.2 cm³/mol. The summed E-state index contributed by atoms with van der Waals surface area (Å²) >= 11 is 17.6. The summed E-state index contributed by atoms with van der Waals surface area (Å²) in [7, 11) is -3.12. The maximum Gasteiger partial charge on any atom is 0.238 e. The number of amides is 1. The van der Waals surface area contributed by atoms with Gasteiger partial charge in [-0.1, -0.05) is 23.2 Å². The van der Waals surface area contributed by atoms with Gasteiger partial charge in [0.15, 0.2) is 9.84 Å². The molecule has 1 heterocycles. The Balaban J connectivity index is 1.88. The molecule has 1 saturated heterocycles. The number of rotatable bonds is 4. The quantitative estimate of drug-likeness (QED) is 0.793. The van der Waals surface area contributed by atoms with E-state index in [2.05, 4.69) is 10.6 Å². The molecule has 0 saturated carbocycles. The zero-order chi connectivity index (χ0) is 15.6. The normalized spacial score (nSPS) is 24.0. The Morgan fingerprint density at radius 2 is 1.81 bits per heavy atom. The topological polar surface area (TPSA) is 75.3 Å². The zero-order valence-corrected chi connectivity index (χ0v) is 13.9. The molecule has 9 heteroatoms. The van der Waals surface area contributed by atoms with Crippen LogP contribution in [0.1, 0.15) is 0 Å². The average molecular weight is 372 g/mol. The minimum atomic E-state index is -3.12. The van der Waals surface area contributed by atoms with Crippen LogP contribution in [0.4, 0.5) is 5.69 Å². The van der Waals surface area contributed by atoms with Crippen molar-refractivity contribution in [3.63, 3.8) is 0 Å². The molecule has 0 spiro atoms. The second-order valence-electron chi connectivity index (χ2n) is 4.79. The van der Waals surface area contributed by atoms with Crippen LogP contribution in [0.3, 0.4) is 0 Å². The second kappa shape index (κ2) is 6.71. The molecular weight excluding hydrogens is 359 g/mol. The lowest BCUT2D eigenvalue weighted by molar-refractivity contribution is -0.115. The molecule has 1 aliphatic heterocycles. The van der Waals surface area contributed by atoms with Gasteiger partial charge in [0.1, 0.15) is 0 Å². The monoisotopic (exact) mass is 370 g/mol. The van der Waals surface area contributed by atoms with Crippen molar-refractivity contribution in [3.8, 4) is 0 Å². The van der Waals surface area contributed by atoms with E-state index in [1.165, 1.54) is 0 Å². The first-order valence-electron chi connectivity index (χ1n) is 6.09. The Bertz CT molecular complexity index is 631. The Hall–Kier alpha value is -0.530. The summed E-state index contributed by atoms with van der Waals surface area (Å²) in [5.41, 5.74) is 0.473. The standard InChI is InChI=1S/C12H13Cl3N2O3S/c13-7-1-8(14)3-9(2-7)17-12(18)4-16-11-6-21(19,20)5-10(11)15/h1-3,10-11,16H,4-6H2,(H,17,18). The number of nitrogens with one attached hydrogen (secondary N) is 2. The SMILES string of the molecule is O=C(CNC1CS(=O)(=O)CC1Cl)Nc1cc(Cl)cc(Cl)c1. The molecule has 1 aliphatic rings. The number of halogens is 3. The van der Waals surface area contributed by atoms with E-state index in [4.69, 9.17) is 34.8 Å². The molecule has 1 aromatic carbocycles. The van der Waals surface area contributed by atoms with Crippen LogP contribution in [-0.4, -0.2) is 43.8 Å². The fraction of sp³-hybridized carbons (Fsp3) is 0.417. The van der Waals surface area contributed by atoms with Crippen molar-refractivity contribution < 1.29 is 13.2 Å². The number of anilines is 1. The number of sulfone groups is 1. The lowest BCUT2D eigenvalue weighted by atomic mass is 10.2. The second-order valence-corrected chi connectivity index (χ2v) is 8.37. The van der Waals surface area contributed by atoms with Crippen LogP contribution < -0.4 is 10.6 Å². The number of hydrogen-bond acceptors (Lipinski definition) is 4. The van der Waals surface area contributed by atoms with Gasteiger partial charge in [0, 0.05) is 21.8 Å². The molecule has 2 N–H and O–H groups in total. The number of hydrogen-bond donors (Lipinski definition) is 2. The van der Waals surface area contributed by atoms with Gasteiger partial charge < -0.3 is 10.6 Å². The Morgan fingerprint density at radius 1 is 1.19 bits per heavy atom. The number of benzene rings is 1. The van der Waals surface area contributed by atoms with E-state index in [0.29, 0.717) is 15.7 Å². The van der Waals surface area contributed by atoms with Crippen molar-refractivity contribution in [2.75, 3.05) is 23.4 Å². The first-order valence-corrected chi connectivity index (χ1v) is 9.10. The lowest BCUT2D eigenvalue weighted by Crippen LogP contribution is -2.41. The zero-order valence-electron chi connectivity index (χ0n) is 10.8. The Labute approximate surface area is 137 Å². The van der Waals surface area contributed by atoms with Gasteiger partial charge in [0.05, 0.1) is 23.4 Å². The van der Waals surface area contributed by atoms with Crippen molar-refractivity contribution >= 4 is 56.2 Å². The van der Waals surface area contributed by atoms with Gasteiger partial charge in [-0.15, -0.1) is 11.6 Å². The van der Waals surface area contributed by atoms with Gasteiger partial charge >= 0.3 is 0 Å². The van der Waals surface area contributed by atoms with Gasteiger partial charge in [0.25, 0.3) is 0 Å². The molecular formula is C12H13Cl3N2O3S. The van der Waals surface area contributed by atoms with E-state index >= 15 is 0 Å². The van der Waals surface area contributed by atoms with E-state index in [0.717, 1.165) is 0 Å². The fourth-order valence-corrected chi connectivity index (χ4v) is 5.18. The summed E-state index contributed by atoms with van der Waals surface area (Å²) in [6.45, 7) is -0.0481. The minimum absolute atomic E-state index is 0.0481. The van der Waals surface area contributed by atoms with Crippen LogP contribution in [0.2, 0.25) is 10.0 Å². The lowest BCUT2D eigenvalue weighted by Gasteiger charge is -2.14. The highest BCUT2D eigenvalue weighted by Gasteiger charge is 2.36. The first-order chi connectivity index (χ1) is 9.75. The molecule has 0 aliphatic carbocycles. The van der Waals surface area contributed by atoms with Crippen molar-refractivity contribution in [1.29, 1.82) is 0 Å². The van der Waals surface area contributed by atoms with E-state index in [1.807, 2.05) is 0 Å². The molecule has 0 bridgehead atoms. The molecule has 116 valence electrons. The molecule has 1 amide bonds. The number of alkyl halides is 1. The van der Waals surface area contributed by atoms with Crippen molar-refractivity contribution in [2.45, 2.75) is 11.4 Å². The summed E-state index contributed by atoms with van der Waals surface area (Å²) < 4.78 is 22.8. The van der Waals surface area contributed by atoms with Crippen LogP contribution in [0.5, 0.6) is 0 Å². The van der Waals surface area contributed by atoms with E-state index < -0.39 is 21.3 Å². The van der Waals surface area contributed by atoms with Crippen LogP contribution in [0, 0.1) is 0 Å². The molecule has 1 fully saturated rings. The maximum atomic E-state index is 11.8. The Morgan fingerprint density at radius 3 is 2.33 bits per heavy atom. The maximum absolute atomic E-state index is 11.8. The molecule has 21 heavy (non-hydrogen) atoms. The largest absolute Gasteiger partial charge is 0.325 e. The third-order valence-corrected chi connectivity index (χ3v) is 5.77. The Kier molecular flexibility index (Phi) is 5.38. The molecule has 0 radical (unpaired) electrons. The fourth-order valence-electron chi connectivity index (χ4n) is 2.05. The van der Waals surface area contributed by atoms with E-state index in [9.17, 15) is 13.2 Å². The highest BCUT2D eigenvalue weighted by atomic mass is 35.5. The van der Waals surface area contributed by atoms with Crippen molar-refractivity contribution in [2.24, 2.45) is 0 Å². The molecule has 2 unspecified atom stereocenters.